The van der Waals surface area contributed by atoms with E-state index in [0.29, 0.717) is 16.1 Å². The van der Waals surface area contributed by atoms with Gasteiger partial charge >= 0.3 is 5.97 Å². The molecule has 1 aromatic rings. The molecule has 0 amide bonds. The summed E-state index contributed by atoms with van der Waals surface area (Å²) < 4.78 is 4.54. The Morgan fingerprint density at radius 1 is 1.62 bits per heavy atom. The number of hydrazine groups is 1. The molecule has 4 nitrogen and oxygen atoms in total. The van der Waals surface area contributed by atoms with Crippen molar-refractivity contribution in [2.24, 2.45) is 5.84 Å². The zero-order chi connectivity index (χ0) is 9.84. The topological polar surface area (TPSA) is 64.3 Å². The molecule has 0 radical (unpaired) electrons. The average molecular weight is 198 g/mol. The number of anilines is 1. The Bertz CT molecular complexity index is 328. The summed E-state index contributed by atoms with van der Waals surface area (Å²) in [6, 6.07) is 4.86. The van der Waals surface area contributed by atoms with E-state index in [1.165, 1.54) is 7.11 Å². The van der Waals surface area contributed by atoms with Gasteiger partial charge in [-0.15, -0.1) is 12.6 Å². The van der Waals surface area contributed by atoms with Gasteiger partial charge in [-0.1, -0.05) is 0 Å². The third-order valence-corrected chi connectivity index (χ3v) is 1.94. The number of nitrogens with two attached hydrogens (primary N) is 1. The van der Waals surface area contributed by atoms with Gasteiger partial charge in [0, 0.05) is 4.90 Å². The largest absolute Gasteiger partial charge is 0.465 e. The molecular formula is C8H10N2O2S. The summed E-state index contributed by atoms with van der Waals surface area (Å²) in [6.07, 6.45) is 0. The van der Waals surface area contributed by atoms with E-state index in [1.54, 1.807) is 18.2 Å². The highest BCUT2D eigenvalue weighted by Crippen LogP contribution is 2.20. The fourth-order valence-electron chi connectivity index (χ4n) is 0.899. The number of benzene rings is 1. The summed E-state index contributed by atoms with van der Waals surface area (Å²) >= 11 is 4.13. The Morgan fingerprint density at radius 2 is 2.31 bits per heavy atom. The first kappa shape index (κ1) is 9.88. The Balaban J connectivity index is 3.02. The molecule has 13 heavy (non-hydrogen) atoms. The van der Waals surface area contributed by atoms with Crippen LogP contribution in [0.15, 0.2) is 23.1 Å². The van der Waals surface area contributed by atoms with E-state index >= 15 is 0 Å². The van der Waals surface area contributed by atoms with Crippen LogP contribution in [0.4, 0.5) is 5.69 Å². The number of esters is 1. The molecule has 1 rings (SSSR count). The van der Waals surface area contributed by atoms with E-state index in [0.717, 1.165) is 0 Å². The fourth-order valence-corrected chi connectivity index (χ4v) is 1.18. The molecule has 1 aromatic carbocycles. The van der Waals surface area contributed by atoms with Gasteiger partial charge in [-0.25, -0.2) is 4.79 Å². The summed E-state index contributed by atoms with van der Waals surface area (Å²) in [5.41, 5.74) is 3.56. The van der Waals surface area contributed by atoms with Crippen molar-refractivity contribution in [2.45, 2.75) is 4.90 Å². The van der Waals surface area contributed by atoms with Crippen LogP contribution in [-0.2, 0) is 4.74 Å². The number of carbonyl (C=O) groups excluding carboxylic acids is 1. The van der Waals surface area contributed by atoms with Crippen molar-refractivity contribution in [2.75, 3.05) is 12.5 Å². The summed E-state index contributed by atoms with van der Waals surface area (Å²) in [5, 5.41) is 0. The van der Waals surface area contributed by atoms with Crippen molar-refractivity contribution in [1.29, 1.82) is 0 Å². The molecular weight excluding hydrogens is 188 g/mol. The van der Waals surface area contributed by atoms with Crippen LogP contribution in [0.25, 0.3) is 0 Å². The predicted octanol–water partition coefficient (Wildman–Crippen LogP) is 1.05. The molecule has 0 aromatic heterocycles. The van der Waals surface area contributed by atoms with Gasteiger partial charge in [0.05, 0.1) is 18.4 Å². The maximum absolute atomic E-state index is 11.1. The van der Waals surface area contributed by atoms with E-state index in [4.69, 9.17) is 5.84 Å². The van der Waals surface area contributed by atoms with E-state index in [-0.39, 0.29) is 5.97 Å². The Labute approximate surface area is 81.5 Å². The Morgan fingerprint density at radius 3 is 2.77 bits per heavy atom. The Kier molecular flexibility index (Phi) is 3.16. The molecule has 0 heterocycles. The van der Waals surface area contributed by atoms with Crippen LogP contribution in [-0.4, -0.2) is 13.1 Å². The molecule has 0 saturated carbocycles. The highest BCUT2D eigenvalue weighted by Gasteiger charge is 2.06. The third-order valence-electron chi connectivity index (χ3n) is 1.57. The molecule has 0 aliphatic carbocycles. The number of carbonyl (C=O) groups is 1. The highest BCUT2D eigenvalue weighted by molar-refractivity contribution is 7.80. The second kappa shape index (κ2) is 4.15. The van der Waals surface area contributed by atoms with Crippen molar-refractivity contribution in [3.8, 4) is 0 Å². The third kappa shape index (κ3) is 2.13. The van der Waals surface area contributed by atoms with Crippen LogP contribution in [0, 0.1) is 0 Å². The predicted molar refractivity (Wildman–Crippen MR) is 52.8 cm³/mol. The van der Waals surface area contributed by atoms with Crippen LogP contribution >= 0.6 is 12.6 Å². The quantitative estimate of drug-likeness (QED) is 0.287. The van der Waals surface area contributed by atoms with Gasteiger partial charge in [-0.05, 0) is 18.2 Å². The molecule has 3 N–H and O–H groups in total. The first-order valence-electron chi connectivity index (χ1n) is 3.57. The van der Waals surface area contributed by atoms with E-state index in [2.05, 4.69) is 22.8 Å². The van der Waals surface area contributed by atoms with E-state index < -0.39 is 0 Å². The van der Waals surface area contributed by atoms with Gasteiger partial charge in [0.15, 0.2) is 0 Å². The summed E-state index contributed by atoms with van der Waals surface area (Å²) in [4.78, 5) is 11.7. The van der Waals surface area contributed by atoms with Gasteiger partial charge in [-0.3, -0.25) is 5.84 Å². The van der Waals surface area contributed by atoms with Crippen molar-refractivity contribution >= 4 is 24.3 Å². The maximum atomic E-state index is 11.1. The van der Waals surface area contributed by atoms with Crippen molar-refractivity contribution in [3.63, 3.8) is 0 Å². The number of methoxy groups -OCH3 is 1. The van der Waals surface area contributed by atoms with Crippen LogP contribution in [0.5, 0.6) is 0 Å². The molecule has 0 fully saturated rings. The SMILES string of the molecule is COC(=O)c1ccc(NN)c(S)c1. The van der Waals surface area contributed by atoms with Crippen molar-refractivity contribution in [1.82, 2.24) is 0 Å². The van der Waals surface area contributed by atoms with E-state index in [9.17, 15) is 4.79 Å². The second-order valence-corrected chi connectivity index (χ2v) is 2.85. The monoisotopic (exact) mass is 198 g/mol. The minimum atomic E-state index is -0.390. The average Bonchev–Trinajstić information content (AvgIpc) is 2.16. The smallest absolute Gasteiger partial charge is 0.337 e. The van der Waals surface area contributed by atoms with Crippen LogP contribution in [0.2, 0.25) is 0 Å². The van der Waals surface area contributed by atoms with E-state index in [1.807, 2.05) is 0 Å². The van der Waals surface area contributed by atoms with Gasteiger partial charge in [0.25, 0.3) is 0 Å². The number of hydrogen-bond donors (Lipinski definition) is 3. The molecule has 70 valence electrons. The summed E-state index contributed by atoms with van der Waals surface area (Å²) in [7, 11) is 1.33. The zero-order valence-electron chi connectivity index (χ0n) is 7.07. The normalized spacial score (nSPS) is 9.46. The Hall–Kier alpha value is -1.20. The van der Waals surface area contributed by atoms with Crippen molar-refractivity contribution in [3.05, 3.63) is 23.8 Å². The van der Waals surface area contributed by atoms with Gasteiger partial charge in [0.1, 0.15) is 0 Å². The van der Waals surface area contributed by atoms with Crippen LogP contribution in [0.1, 0.15) is 10.4 Å². The molecule has 0 saturated heterocycles. The van der Waals surface area contributed by atoms with Gasteiger partial charge in [0.2, 0.25) is 0 Å². The molecule has 0 bridgehead atoms. The van der Waals surface area contributed by atoms with Crippen LogP contribution < -0.4 is 11.3 Å². The first-order chi connectivity index (χ1) is 6.19. The lowest BCUT2D eigenvalue weighted by Crippen LogP contribution is -2.08. The summed E-state index contributed by atoms with van der Waals surface area (Å²) in [6.45, 7) is 0. The van der Waals surface area contributed by atoms with Gasteiger partial charge < -0.3 is 10.2 Å². The lowest BCUT2D eigenvalue weighted by atomic mass is 10.2. The first-order valence-corrected chi connectivity index (χ1v) is 4.01. The summed E-state index contributed by atoms with van der Waals surface area (Å²) in [5.74, 6) is 4.80. The molecule has 0 aliphatic rings. The fraction of sp³-hybridized carbons (Fsp3) is 0.125. The highest BCUT2D eigenvalue weighted by atomic mass is 32.1. The lowest BCUT2D eigenvalue weighted by molar-refractivity contribution is 0.0600. The maximum Gasteiger partial charge on any atom is 0.337 e. The number of rotatable bonds is 2. The number of nitrogens with one attached hydrogen (secondary N) is 1. The second-order valence-electron chi connectivity index (χ2n) is 2.37. The molecule has 0 unspecified atom stereocenters. The zero-order valence-corrected chi connectivity index (χ0v) is 7.97. The molecule has 0 spiro atoms. The van der Waals surface area contributed by atoms with Crippen molar-refractivity contribution < 1.29 is 9.53 Å². The lowest BCUT2D eigenvalue weighted by Gasteiger charge is -2.05. The number of nitrogen functional groups attached to an aromatic ring is 1. The molecule has 5 heteroatoms. The minimum absolute atomic E-state index is 0.390. The van der Waals surface area contributed by atoms with Gasteiger partial charge in [-0.2, -0.15) is 0 Å². The van der Waals surface area contributed by atoms with Crippen LogP contribution in [0.3, 0.4) is 0 Å². The standard InChI is InChI=1S/C8H10N2O2S/c1-12-8(11)5-2-3-6(10-9)7(13)4-5/h2-4,10,13H,9H2,1H3. The number of hydrogen-bond acceptors (Lipinski definition) is 5. The molecule has 0 atom stereocenters. The number of thiol groups is 1. The number of ether oxygens (including phenoxy) is 1. The molecule has 0 aliphatic heterocycles. The minimum Gasteiger partial charge on any atom is -0.465 e.